The van der Waals surface area contributed by atoms with Crippen molar-refractivity contribution in [2.24, 2.45) is 5.92 Å². The summed E-state index contributed by atoms with van der Waals surface area (Å²) in [5, 5.41) is 4.94. The maximum absolute atomic E-state index is 13.3. The molecule has 0 aliphatic carbocycles. The van der Waals surface area contributed by atoms with Crippen LogP contribution in [-0.4, -0.2) is 44.0 Å². The topological polar surface area (TPSA) is 67.9 Å². The zero-order valence-corrected chi connectivity index (χ0v) is 18.9. The molecule has 0 spiro atoms. The van der Waals surface area contributed by atoms with Crippen LogP contribution in [-0.2, 0) is 11.3 Å². The van der Waals surface area contributed by atoms with Gasteiger partial charge in [0, 0.05) is 37.2 Å². The van der Waals surface area contributed by atoms with E-state index < -0.39 is 0 Å². The van der Waals surface area contributed by atoms with Crippen molar-refractivity contribution < 1.29 is 19.1 Å². The molecule has 2 heterocycles. The van der Waals surface area contributed by atoms with Gasteiger partial charge in [0.25, 0.3) is 5.91 Å². The fourth-order valence-electron chi connectivity index (χ4n) is 4.15. The van der Waals surface area contributed by atoms with Crippen LogP contribution < -0.4 is 14.8 Å². The molecule has 166 valence electrons. The van der Waals surface area contributed by atoms with Crippen molar-refractivity contribution in [1.29, 1.82) is 0 Å². The summed E-state index contributed by atoms with van der Waals surface area (Å²) in [4.78, 5) is 28.8. The van der Waals surface area contributed by atoms with Gasteiger partial charge in [-0.1, -0.05) is 42.5 Å². The van der Waals surface area contributed by atoms with Crippen LogP contribution in [0.4, 0.5) is 0 Å². The number of thiophene rings is 1. The van der Waals surface area contributed by atoms with Crippen LogP contribution >= 0.6 is 11.3 Å². The predicted molar refractivity (Wildman–Crippen MR) is 124 cm³/mol. The monoisotopic (exact) mass is 450 g/mol. The van der Waals surface area contributed by atoms with E-state index in [2.05, 4.69) is 5.32 Å². The van der Waals surface area contributed by atoms with E-state index in [-0.39, 0.29) is 23.7 Å². The molecule has 2 aromatic carbocycles. The van der Waals surface area contributed by atoms with E-state index in [0.717, 1.165) is 11.1 Å². The first-order valence-electron chi connectivity index (χ1n) is 10.5. The second kappa shape index (κ2) is 9.87. The molecular weight excluding hydrogens is 424 g/mol. The summed E-state index contributed by atoms with van der Waals surface area (Å²) in [7, 11) is 3.21. The Hall–Kier alpha value is -3.32. The van der Waals surface area contributed by atoms with E-state index in [4.69, 9.17) is 9.47 Å². The minimum atomic E-state index is -0.384. The van der Waals surface area contributed by atoms with E-state index in [1.807, 2.05) is 66.0 Å². The second-order valence-electron chi connectivity index (χ2n) is 7.71. The maximum Gasteiger partial charge on any atom is 0.263 e. The minimum absolute atomic E-state index is 0.0455. The zero-order valence-electron chi connectivity index (χ0n) is 18.1. The molecule has 3 aromatic rings. The average Bonchev–Trinajstić information content (AvgIpc) is 3.53. The lowest BCUT2D eigenvalue weighted by Crippen LogP contribution is -2.35. The molecule has 1 aliphatic rings. The first kappa shape index (κ1) is 21.9. The van der Waals surface area contributed by atoms with E-state index >= 15 is 0 Å². The van der Waals surface area contributed by atoms with Crippen LogP contribution in [0.2, 0.25) is 0 Å². The summed E-state index contributed by atoms with van der Waals surface area (Å²) in [6.45, 7) is 1.25. The molecule has 32 heavy (non-hydrogen) atoms. The second-order valence-corrected chi connectivity index (χ2v) is 8.66. The number of carbonyl (C=O) groups excluding carboxylic acids is 2. The number of amides is 2. The molecule has 1 saturated heterocycles. The molecule has 6 nitrogen and oxygen atoms in total. The molecule has 0 radical (unpaired) electrons. The number of nitrogens with zero attached hydrogens (tertiary/aromatic N) is 1. The van der Waals surface area contributed by atoms with Gasteiger partial charge in [-0.3, -0.25) is 9.59 Å². The number of ether oxygens (including phenoxy) is 2. The van der Waals surface area contributed by atoms with E-state index in [1.54, 1.807) is 19.1 Å². The van der Waals surface area contributed by atoms with Crippen molar-refractivity contribution >= 4 is 23.2 Å². The number of hydrogen-bond donors (Lipinski definition) is 1. The standard InChI is InChI=1S/C25H26N2O4S/c1-30-18-10-11-19(22(13-18)31-2)20-15-27(25(29)23-9-6-12-32-23)16-21(20)24(28)26-14-17-7-4-3-5-8-17/h3-13,20-21H,14-16H2,1-2H3,(H,26,28). The number of rotatable bonds is 7. The lowest BCUT2D eigenvalue weighted by Gasteiger charge is -2.21. The number of methoxy groups -OCH3 is 2. The van der Waals surface area contributed by atoms with E-state index in [0.29, 0.717) is 36.0 Å². The van der Waals surface area contributed by atoms with E-state index in [9.17, 15) is 9.59 Å². The maximum atomic E-state index is 13.3. The summed E-state index contributed by atoms with van der Waals surface area (Å²) in [6, 6.07) is 19.1. The third-order valence-corrected chi connectivity index (χ3v) is 6.68. The number of nitrogens with one attached hydrogen (secondary N) is 1. The zero-order chi connectivity index (χ0) is 22.5. The highest BCUT2D eigenvalue weighted by Gasteiger charge is 2.42. The molecule has 2 unspecified atom stereocenters. The molecule has 4 rings (SSSR count). The van der Waals surface area contributed by atoms with Gasteiger partial charge in [0.1, 0.15) is 11.5 Å². The normalized spacial score (nSPS) is 17.8. The summed E-state index contributed by atoms with van der Waals surface area (Å²) in [6.07, 6.45) is 0. The fourth-order valence-corrected chi connectivity index (χ4v) is 4.84. The van der Waals surface area contributed by atoms with Gasteiger partial charge in [0.05, 0.1) is 25.0 Å². The van der Waals surface area contributed by atoms with Gasteiger partial charge >= 0.3 is 0 Å². The number of benzene rings is 2. The Morgan fingerprint density at radius 1 is 1.03 bits per heavy atom. The van der Waals surface area contributed by atoms with Crippen molar-refractivity contribution in [1.82, 2.24) is 10.2 Å². The quantitative estimate of drug-likeness (QED) is 0.592. The smallest absolute Gasteiger partial charge is 0.263 e. The first-order valence-corrected chi connectivity index (χ1v) is 11.3. The lowest BCUT2D eigenvalue weighted by molar-refractivity contribution is -0.125. The fraction of sp³-hybridized carbons (Fsp3) is 0.280. The molecule has 2 atom stereocenters. The van der Waals surface area contributed by atoms with Crippen molar-refractivity contribution in [3.8, 4) is 11.5 Å². The SMILES string of the molecule is COc1ccc(C2CN(C(=O)c3cccs3)CC2C(=O)NCc2ccccc2)c(OC)c1. The highest BCUT2D eigenvalue weighted by molar-refractivity contribution is 7.12. The Kier molecular flexibility index (Phi) is 6.75. The Morgan fingerprint density at radius 3 is 2.53 bits per heavy atom. The van der Waals surface area contributed by atoms with Crippen molar-refractivity contribution in [2.45, 2.75) is 12.5 Å². The molecule has 0 saturated carbocycles. The molecule has 1 aromatic heterocycles. The molecule has 2 amide bonds. The van der Waals surface area contributed by atoms with Gasteiger partial charge in [-0.05, 0) is 23.1 Å². The Bertz CT molecular complexity index is 1070. The van der Waals surface area contributed by atoms with Crippen LogP contribution in [0, 0.1) is 5.92 Å². The van der Waals surface area contributed by atoms with E-state index in [1.165, 1.54) is 11.3 Å². The van der Waals surface area contributed by atoms with Gasteiger partial charge < -0.3 is 19.7 Å². The molecule has 7 heteroatoms. The van der Waals surface area contributed by atoms with Crippen LogP contribution in [0.3, 0.4) is 0 Å². The van der Waals surface area contributed by atoms with Crippen LogP contribution in [0.1, 0.15) is 26.7 Å². The Morgan fingerprint density at radius 2 is 1.84 bits per heavy atom. The lowest BCUT2D eigenvalue weighted by atomic mass is 9.87. The molecule has 1 aliphatic heterocycles. The summed E-state index contributed by atoms with van der Waals surface area (Å²) >= 11 is 1.41. The molecular formula is C25H26N2O4S. The van der Waals surface area contributed by atoms with Crippen LogP contribution in [0.5, 0.6) is 11.5 Å². The van der Waals surface area contributed by atoms with Gasteiger partial charge in [-0.2, -0.15) is 0 Å². The number of hydrogen-bond acceptors (Lipinski definition) is 5. The highest BCUT2D eigenvalue weighted by atomic mass is 32.1. The van der Waals surface area contributed by atoms with Gasteiger partial charge in [-0.25, -0.2) is 0 Å². The first-order chi connectivity index (χ1) is 15.6. The summed E-state index contributed by atoms with van der Waals surface area (Å²) < 4.78 is 10.9. The Labute approximate surface area is 191 Å². The van der Waals surface area contributed by atoms with Gasteiger partial charge in [0.15, 0.2) is 0 Å². The van der Waals surface area contributed by atoms with Crippen molar-refractivity contribution in [3.05, 3.63) is 82.0 Å². The third kappa shape index (κ3) is 4.62. The average molecular weight is 451 g/mol. The molecule has 1 N–H and O–H groups in total. The predicted octanol–water partition coefficient (Wildman–Crippen LogP) is 3.94. The molecule has 1 fully saturated rings. The highest BCUT2D eigenvalue weighted by Crippen LogP contribution is 2.40. The Balaban J connectivity index is 1.60. The third-order valence-electron chi connectivity index (χ3n) is 5.83. The number of carbonyl (C=O) groups is 2. The van der Waals surface area contributed by atoms with Crippen LogP contribution in [0.15, 0.2) is 66.0 Å². The molecule has 0 bridgehead atoms. The minimum Gasteiger partial charge on any atom is -0.497 e. The van der Waals surface area contributed by atoms with Crippen molar-refractivity contribution in [2.75, 3.05) is 27.3 Å². The number of likely N-dealkylation sites (tertiary alicyclic amines) is 1. The summed E-state index contributed by atoms with van der Waals surface area (Å²) in [5.41, 5.74) is 1.93. The largest absolute Gasteiger partial charge is 0.497 e. The van der Waals surface area contributed by atoms with Crippen LogP contribution in [0.25, 0.3) is 0 Å². The van der Waals surface area contributed by atoms with Gasteiger partial charge in [-0.15, -0.1) is 11.3 Å². The van der Waals surface area contributed by atoms with Gasteiger partial charge in [0.2, 0.25) is 5.91 Å². The van der Waals surface area contributed by atoms with Crippen molar-refractivity contribution in [3.63, 3.8) is 0 Å². The summed E-state index contributed by atoms with van der Waals surface area (Å²) in [5.74, 6) is 0.648.